The third kappa shape index (κ3) is 6.10. The van der Waals surface area contributed by atoms with Crippen LogP contribution in [0.2, 0.25) is 21.0 Å². The van der Waals surface area contributed by atoms with Gasteiger partial charge in [0.25, 0.3) is 0 Å². The number of benzene rings is 1. The summed E-state index contributed by atoms with van der Waals surface area (Å²) < 4.78 is 40.7. The number of halogens is 5. The molecule has 158 valence electrons. The predicted molar refractivity (Wildman–Crippen MR) is 115 cm³/mol. The topological polar surface area (TPSA) is 50.7 Å². The molecule has 10 heteroatoms. The summed E-state index contributed by atoms with van der Waals surface area (Å²) in [4.78, 5) is 12.1. The number of hydrogen-bond donors (Lipinski definition) is 1. The molecule has 0 saturated carbocycles. The van der Waals surface area contributed by atoms with Gasteiger partial charge in [0.2, 0.25) is 0 Å². The summed E-state index contributed by atoms with van der Waals surface area (Å²) in [6.45, 7) is 0. The van der Waals surface area contributed by atoms with Gasteiger partial charge in [-0.2, -0.15) is 0 Å². The Hall–Kier alpha value is -1.82. The van der Waals surface area contributed by atoms with Gasteiger partial charge in [0.05, 0.1) is 0 Å². The van der Waals surface area contributed by atoms with Crippen LogP contribution in [0.15, 0.2) is 48.9 Å². The van der Waals surface area contributed by atoms with Crippen molar-refractivity contribution in [2.75, 3.05) is 5.32 Å². The van der Waals surface area contributed by atoms with Crippen molar-refractivity contribution in [1.82, 2.24) is 15.0 Å². The van der Waals surface area contributed by atoms with Crippen molar-refractivity contribution in [3.05, 3.63) is 70.1 Å². The number of alkyl halides is 3. The number of rotatable bonds is 7. The molecule has 0 bridgehead atoms. The molecule has 1 unspecified atom stereocenters. The van der Waals surface area contributed by atoms with Crippen LogP contribution in [0.4, 0.5) is 24.8 Å². The Balaban J connectivity index is 1.79. The first-order valence-corrected chi connectivity index (χ1v) is 13.9. The van der Waals surface area contributed by atoms with Crippen LogP contribution in [-0.4, -0.2) is 29.6 Å². The summed E-state index contributed by atoms with van der Waals surface area (Å²) in [5.41, 5.74) is 2.80. The number of hydrogen-bond acceptors (Lipinski definition) is 4. The van der Waals surface area contributed by atoms with E-state index in [-0.39, 0.29) is 10.4 Å². The first-order chi connectivity index (χ1) is 14.2. The number of aromatic nitrogens is 3. The van der Waals surface area contributed by atoms with Crippen molar-refractivity contribution < 1.29 is 13.2 Å². The minimum atomic E-state index is -4.49. The number of aryl methyl sites for hydroxylation is 1. The summed E-state index contributed by atoms with van der Waals surface area (Å²) >= 11 is 9.85. The Morgan fingerprint density at radius 3 is 2.47 bits per heavy atom. The van der Waals surface area contributed by atoms with Crippen molar-refractivity contribution >= 4 is 54.0 Å². The number of anilines is 2. The maximum atomic E-state index is 13.5. The molecule has 1 aromatic carbocycles. The van der Waals surface area contributed by atoms with Crippen LogP contribution in [0.25, 0.3) is 0 Å². The fourth-order valence-electron chi connectivity index (χ4n) is 2.80. The van der Waals surface area contributed by atoms with Crippen molar-refractivity contribution in [1.29, 1.82) is 0 Å². The molecule has 2 heterocycles. The van der Waals surface area contributed by atoms with Gasteiger partial charge in [-0.15, -0.1) is 0 Å². The molecule has 3 rings (SSSR count). The second kappa shape index (κ2) is 9.99. The fourth-order valence-corrected chi connectivity index (χ4v) is 6.68. The van der Waals surface area contributed by atoms with Crippen molar-refractivity contribution in [2.24, 2.45) is 0 Å². The average Bonchev–Trinajstić information content (AvgIpc) is 2.70. The van der Waals surface area contributed by atoms with Crippen molar-refractivity contribution in [2.45, 2.75) is 29.9 Å². The molecular weight excluding hydrogens is 499 g/mol. The van der Waals surface area contributed by atoms with Gasteiger partial charge in [-0.05, 0) is 0 Å². The van der Waals surface area contributed by atoms with Gasteiger partial charge in [0.1, 0.15) is 0 Å². The molecule has 0 amide bonds. The van der Waals surface area contributed by atoms with Crippen LogP contribution >= 0.6 is 23.2 Å². The Labute approximate surface area is 187 Å². The van der Waals surface area contributed by atoms with Crippen molar-refractivity contribution in [3.63, 3.8) is 0 Å². The summed E-state index contributed by atoms with van der Waals surface area (Å²) in [6.07, 6.45) is 1.37. The molecule has 0 aliphatic carbocycles. The Bertz CT molecular complexity index is 1000. The van der Waals surface area contributed by atoms with Crippen LogP contribution in [0, 0.1) is 0 Å². The van der Waals surface area contributed by atoms with Gasteiger partial charge < -0.3 is 0 Å². The molecule has 0 saturated heterocycles. The zero-order valence-electron chi connectivity index (χ0n) is 15.9. The van der Waals surface area contributed by atoms with E-state index >= 15 is 0 Å². The van der Waals surface area contributed by atoms with E-state index in [2.05, 4.69) is 20.3 Å². The third-order valence-corrected chi connectivity index (χ3v) is 9.36. The summed E-state index contributed by atoms with van der Waals surface area (Å²) in [5.74, 6) is 0.103. The Morgan fingerprint density at radius 1 is 1.07 bits per heavy atom. The van der Waals surface area contributed by atoms with E-state index in [0.29, 0.717) is 20.9 Å². The van der Waals surface area contributed by atoms with Crippen LogP contribution in [0.3, 0.4) is 0 Å². The van der Waals surface area contributed by atoms with E-state index < -0.39 is 26.4 Å². The summed E-state index contributed by atoms with van der Waals surface area (Å²) in [7, 11) is 0. The summed E-state index contributed by atoms with van der Waals surface area (Å²) in [5, 5.41) is 4.32. The standard InChI is InChI=1S/C20H18AsCl2F3N4/c1-21(8-2-3-13-6-9-27-10-7-13)18-15(20(24,25)26)12-28-19(30-18)29-14-4-5-16(22)17(23)11-14/h4-7,9-12H,2-3,8H2,1H3,(H,28,29,30). The average molecular weight is 517 g/mol. The van der Waals surface area contributed by atoms with E-state index in [9.17, 15) is 13.2 Å². The molecule has 4 nitrogen and oxygen atoms in total. The Kier molecular flexibility index (Phi) is 7.61. The van der Waals surface area contributed by atoms with Crippen molar-refractivity contribution in [3.8, 4) is 0 Å². The van der Waals surface area contributed by atoms with Gasteiger partial charge in [-0.3, -0.25) is 0 Å². The van der Waals surface area contributed by atoms with E-state index in [0.717, 1.165) is 24.6 Å². The molecule has 1 atom stereocenters. The van der Waals surface area contributed by atoms with Gasteiger partial charge in [0, 0.05) is 0 Å². The van der Waals surface area contributed by atoms with E-state index in [1.165, 1.54) is 0 Å². The second-order valence-corrected chi connectivity index (χ2v) is 12.1. The number of pyridine rings is 1. The molecule has 0 fully saturated rings. The fraction of sp³-hybridized carbons (Fsp3) is 0.250. The first-order valence-electron chi connectivity index (χ1n) is 9.00. The molecule has 0 spiro atoms. The predicted octanol–water partition coefficient (Wildman–Crippen LogP) is 5.91. The Morgan fingerprint density at radius 2 is 1.80 bits per heavy atom. The molecule has 0 aliphatic rings. The molecule has 2 aromatic heterocycles. The molecule has 1 N–H and O–H groups in total. The van der Waals surface area contributed by atoms with Crippen LogP contribution in [-0.2, 0) is 12.6 Å². The normalized spacial score (nSPS) is 12.6. The van der Waals surface area contributed by atoms with Gasteiger partial charge in [-0.25, -0.2) is 0 Å². The zero-order chi connectivity index (χ0) is 21.7. The number of nitrogens with one attached hydrogen (secondary N) is 1. The second-order valence-electron chi connectivity index (χ2n) is 6.56. The number of nitrogens with zero attached hydrogens (tertiary/aromatic N) is 3. The van der Waals surface area contributed by atoms with Crippen LogP contribution in [0.5, 0.6) is 0 Å². The minimum absolute atomic E-state index is 0.103. The van der Waals surface area contributed by atoms with Crippen LogP contribution in [0.1, 0.15) is 17.5 Å². The van der Waals surface area contributed by atoms with Gasteiger partial charge in [0.15, 0.2) is 0 Å². The third-order valence-electron chi connectivity index (χ3n) is 4.32. The monoisotopic (exact) mass is 516 g/mol. The van der Waals surface area contributed by atoms with Crippen LogP contribution < -0.4 is 9.80 Å². The van der Waals surface area contributed by atoms with Gasteiger partial charge in [-0.1, -0.05) is 0 Å². The molecule has 0 aliphatic heterocycles. The van der Waals surface area contributed by atoms with Gasteiger partial charge >= 0.3 is 187 Å². The SMILES string of the molecule is C[As](CCCc1ccncc1)c1nc(Nc2ccc(Cl)c(Cl)c2)ncc1C(F)(F)F. The molecule has 30 heavy (non-hydrogen) atoms. The first kappa shape index (κ1) is 22.9. The molecule has 0 radical (unpaired) electrons. The summed E-state index contributed by atoms with van der Waals surface area (Å²) in [6, 6.07) is 8.65. The van der Waals surface area contributed by atoms with E-state index in [4.69, 9.17) is 23.2 Å². The van der Waals surface area contributed by atoms with E-state index in [1.807, 2.05) is 17.8 Å². The molecular formula is C20H18AsCl2F3N4. The zero-order valence-corrected chi connectivity index (χ0v) is 19.3. The maximum absolute atomic E-state index is 13.5. The molecule has 3 aromatic rings. The van der Waals surface area contributed by atoms with E-state index in [1.54, 1.807) is 30.6 Å². The quantitative estimate of drug-likeness (QED) is 0.397.